The molecule has 0 atom stereocenters. The second-order valence-corrected chi connectivity index (χ2v) is 6.37. The Morgan fingerprint density at radius 3 is 2.67 bits per heavy atom. The summed E-state index contributed by atoms with van der Waals surface area (Å²) in [6.07, 6.45) is 0. The summed E-state index contributed by atoms with van der Waals surface area (Å²) in [4.78, 5) is 16.5. The predicted molar refractivity (Wildman–Crippen MR) is 92.2 cm³/mol. The molecule has 0 spiro atoms. The molecule has 2 rings (SSSR count). The minimum absolute atomic E-state index is 0.0898. The quantitative estimate of drug-likeness (QED) is 0.857. The summed E-state index contributed by atoms with van der Waals surface area (Å²) in [7, 11) is 0. The van der Waals surface area contributed by atoms with Crippen LogP contribution in [-0.2, 0) is 5.41 Å². The van der Waals surface area contributed by atoms with Crippen LogP contribution in [0.1, 0.15) is 36.8 Å². The first-order valence-electron chi connectivity index (χ1n) is 7.67. The van der Waals surface area contributed by atoms with Crippen molar-refractivity contribution >= 4 is 17.5 Å². The van der Waals surface area contributed by atoms with Crippen LogP contribution in [0.15, 0.2) is 36.4 Å². The van der Waals surface area contributed by atoms with Crippen LogP contribution in [0, 0.1) is 5.82 Å². The van der Waals surface area contributed by atoms with E-state index in [2.05, 4.69) is 10.3 Å². The standard InChI is InChI=1S/C18H20ClFN2O2/c1-4-24-15-10-9-13(19)16(22-15)17(23)21-11-18(2,3)12-7-5-6-8-14(12)20/h5-10H,4,11H2,1-3H3,(H,21,23). The zero-order valence-corrected chi connectivity index (χ0v) is 14.7. The molecule has 128 valence electrons. The Hall–Kier alpha value is -2.14. The number of nitrogens with zero attached hydrogens (tertiary/aromatic N) is 1. The van der Waals surface area contributed by atoms with E-state index in [4.69, 9.17) is 16.3 Å². The summed E-state index contributed by atoms with van der Waals surface area (Å²) in [5, 5.41) is 3.00. The Morgan fingerprint density at radius 1 is 1.29 bits per heavy atom. The maximum atomic E-state index is 14.0. The first-order valence-corrected chi connectivity index (χ1v) is 8.05. The van der Waals surface area contributed by atoms with Crippen molar-refractivity contribution in [2.24, 2.45) is 0 Å². The van der Waals surface area contributed by atoms with Crippen LogP contribution in [0.2, 0.25) is 5.02 Å². The van der Waals surface area contributed by atoms with Gasteiger partial charge in [-0.25, -0.2) is 9.37 Å². The van der Waals surface area contributed by atoms with Crippen molar-refractivity contribution < 1.29 is 13.9 Å². The number of ether oxygens (including phenoxy) is 1. The molecule has 1 N–H and O–H groups in total. The van der Waals surface area contributed by atoms with Gasteiger partial charge in [-0.15, -0.1) is 0 Å². The lowest BCUT2D eigenvalue weighted by atomic mass is 9.84. The summed E-state index contributed by atoms with van der Waals surface area (Å²) in [5.41, 5.74) is 0.0461. The smallest absolute Gasteiger partial charge is 0.271 e. The van der Waals surface area contributed by atoms with Crippen molar-refractivity contribution in [1.82, 2.24) is 10.3 Å². The molecule has 2 aromatic rings. The fourth-order valence-electron chi connectivity index (χ4n) is 2.30. The maximum Gasteiger partial charge on any atom is 0.271 e. The third-order valence-corrected chi connectivity index (χ3v) is 3.93. The van der Waals surface area contributed by atoms with Crippen molar-refractivity contribution in [3.05, 3.63) is 58.5 Å². The molecule has 0 unspecified atom stereocenters. The van der Waals surface area contributed by atoms with Gasteiger partial charge in [0.15, 0.2) is 5.69 Å². The number of benzene rings is 1. The topological polar surface area (TPSA) is 51.2 Å². The summed E-state index contributed by atoms with van der Waals surface area (Å²) in [6, 6.07) is 9.69. The Kier molecular flexibility index (Phi) is 5.78. The van der Waals surface area contributed by atoms with Crippen molar-refractivity contribution in [3.8, 4) is 5.88 Å². The molecule has 24 heavy (non-hydrogen) atoms. The van der Waals surface area contributed by atoms with E-state index in [0.29, 0.717) is 18.1 Å². The summed E-state index contributed by atoms with van der Waals surface area (Å²) >= 11 is 6.04. The van der Waals surface area contributed by atoms with Gasteiger partial charge >= 0.3 is 0 Å². The molecular weight excluding hydrogens is 331 g/mol. The van der Waals surface area contributed by atoms with E-state index in [1.54, 1.807) is 30.3 Å². The number of halogens is 2. The average molecular weight is 351 g/mol. The van der Waals surface area contributed by atoms with E-state index < -0.39 is 11.3 Å². The molecule has 0 aliphatic heterocycles. The molecular formula is C18H20ClFN2O2. The Bertz CT molecular complexity index is 735. The van der Waals surface area contributed by atoms with E-state index in [0.717, 1.165) is 0 Å². The SMILES string of the molecule is CCOc1ccc(Cl)c(C(=O)NCC(C)(C)c2ccccc2F)n1. The van der Waals surface area contributed by atoms with Gasteiger partial charge in [-0.2, -0.15) is 0 Å². The predicted octanol–water partition coefficient (Wildman–Crippen LogP) is 3.98. The maximum absolute atomic E-state index is 14.0. The molecule has 0 radical (unpaired) electrons. The third kappa shape index (κ3) is 4.23. The number of amides is 1. The number of hydrogen-bond acceptors (Lipinski definition) is 3. The van der Waals surface area contributed by atoms with E-state index in [1.807, 2.05) is 20.8 Å². The van der Waals surface area contributed by atoms with Crippen molar-refractivity contribution in [1.29, 1.82) is 0 Å². The fourth-order valence-corrected chi connectivity index (χ4v) is 2.49. The monoisotopic (exact) mass is 350 g/mol. The molecule has 1 aromatic carbocycles. The number of hydrogen-bond donors (Lipinski definition) is 1. The van der Waals surface area contributed by atoms with Gasteiger partial charge in [0.25, 0.3) is 5.91 Å². The highest BCUT2D eigenvalue weighted by Gasteiger charge is 2.25. The van der Waals surface area contributed by atoms with Crippen LogP contribution in [0.25, 0.3) is 0 Å². The van der Waals surface area contributed by atoms with Crippen molar-refractivity contribution in [2.45, 2.75) is 26.2 Å². The van der Waals surface area contributed by atoms with E-state index in [1.165, 1.54) is 6.07 Å². The molecule has 0 aliphatic carbocycles. The third-order valence-electron chi connectivity index (χ3n) is 3.62. The highest BCUT2D eigenvalue weighted by atomic mass is 35.5. The van der Waals surface area contributed by atoms with Crippen LogP contribution in [0.5, 0.6) is 5.88 Å². The zero-order valence-electron chi connectivity index (χ0n) is 13.9. The van der Waals surface area contributed by atoms with Crippen LogP contribution < -0.4 is 10.1 Å². The normalized spacial score (nSPS) is 11.2. The second kappa shape index (κ2) is 7.62. The highest BCUT2D eigenvalue weighted by molar-refractivity contribution is 6.33. The van der Waals surface area contributed by atoms with Gasteiger partial charge in [-0.3, -0.25) is 4.79 Å². The van der Waals surface area contributed by atoms with E-state index in [-0.39, 0.29) is 23.1 Å². The van der Waals surface area contributed by atoms with E-state index in [9.17, 15) is 9.18 Å². The van der Waals surface area contributed by atoms with Crippen LogP contribution in [-0.4, -0.2) is 24.0 Å². The minimum atomic E-state index is -0.578. The van der Waals surface area contributed by atoms with Gasteiger partial charge in [0.1, 0.15) is 5.82 Å². The van der Waals surface area contributed by atoms with Crippen LogP contribution >= 0.6 is 11.6 Å². The lowest BCUT2D eigenvalue weighted by molar-refractivity contribution is 0.0939. The molecule has 4 nitrogen and oxygen atoms in total. The molecule has 1 amide bonds. The van der Waals surface area contributed by atoms with Gasteiger partial charge in [0, 0.05) is 18.0 Å². The van der Waals surface area contributed by atoms with Gasteiger partial charge < -0.3 is 10.1 Å². The molecule has 1 heterocycles. The number of rotatable bonds is 6. The Labute approximate surface area is 146 Å². The average Bonchev–Trinajstić information content (AvgIpc) is 2.55. The van der Waals surface area contributed by atoms with E-state index >= 15 is 0 Å². The Balaban J connectivity index is 2.13. The molecule has 6 heteroatoms. The van der Waals surface area contributed by atoms with Crippen molar-refractivity contribution in [2.75, 3.05) is 13.2 Å². The number of carbonyl (C=O) groups excluding carboxylic acids is 1. The van der Waals surface area contributed by atoms with Gasteiger partial charge in [0.2, 0.25) is 5.88 Å². The van der Waals surface area contributed by atoms with Crippen LogP contribution in [0.3, 0.4) is 0 Å². The molecule has 0 saturated carbocycles. The largest absolute Gasteiger partial charge is 0.478 e. The summed E-state index contributed by atoms with van der Waals surface area (Å²) < 4.78 is 19.3. The molecule has 0 bridgehead atoms. The number of nitrogens with one attached hydrogen (secondary N) is 1. The summed E-state index contributed by atoms with van der Waals surface area (Å²) in [6.45, 7) is 6.22. The first kappa shape index (κ1) is 18.2. The Morgan fingerprint density at radius 2 is 2.00 bits per heavy atom. The molecule has 1 aromatic heterocycles. The van der Waals surface area contributed by atoms with Crippen LogP contribution in [0.4, 0.5) is 4.39 Å². The lowest BCUT2D eigenvalue weighted by Crippen LogP contribution is -2.37. The van der Waals surface area contributed by atoms with Gasteiger partial charge in [-0.1, -0.05) is 43.6 Å². The zero-order chi connectivity index (χ0) is 17.7. The minimum Gasteiger partial charge on any atom is -0.478 e. The number of aromatic nitrogens is 1. The fraction of sp³-hybridized carbons (Fsp3) is 0.333. The molecule has 0 fully saturated rings. The van der Waals surface area contributed by atoms with Gasteiger partial charge in [0.05, 0.1) is 11.6 Å². The summed E-state index contributed by atoms with van der Waals surface area (Å²) in [5.74, 6) is -0.391. The van der Waals surface area contributed by atoms with Gasteiger partial charge in [-0.05, 0) is 24.6 Å². The number of pyridine rings is 1. The molecule has 0 saturated heterocycles. The second-order valence-electron chi connectivity index (χ2n) is 5.96. The number of carbonyl (C=O) groups is 1. The highest BCUT2D eigenvalue weighted by Crippen LogP contribution is 2.25. The molecule has 0 aliphatic rings. The first-order chi connectivity index (χ1) is 11.3. The lowest BCUT2D eigenvalue weighted by Gasteiger charge is -2.26. The van der Waals surface area contributed by atoms with Crippen molar-refractivity contribution in [3.63, 3.8) is 0 Å².